The average Bonchev–Trinajstić information content (AvgIpc) is 3.16. The van der Waals surface area contributed by atoms with Crippen molar-refractivity contribution in [2.45, 2.75) is 13.5 Å². The summed E-state index contributed by atoms with van der Waals surface area (Å²) < 4.78 is 26.6. The molecule has 3 aromatic rings. The van der Waals surface area contributed by atoms with Crippen molar-refractivity contribution in [2.24, 2.45) is 0 Å². The zero-order valence-corrected chi connectivity index (χ0v) is 16.5. The van der Waals surface area contributed by atoms with E-state index >= 15 is 0 Å². The molecule has 0 radical (unpaired) electrons. The van der Waals surface area contributed by atoms with Crippen LogP contribution in [0, 0.1) is 6.92 Å². The van der Waals surface area contributed by atoms with Crippen LogP contribution in [0.1, 0.15) is 22.1 Å². The summed E-state index contributed by atoms with van der Waals surface area (Å²) in [5, 5.41) is 6.59. The lowest BCUT2D eigenvalue weighted by atomic mass is 10.1. The second-order valence-corrected chi connectivity index (χ2v) is 5.88. The van der Waals surface area contributed by atoms with Crippen molar-refractivity contribution in [3.63, 3.8) is 0 Å². The zero-order chi connectivity index (χ0) is 20.8. The Morgan fingerprint density at radius 2 is 1.72 bits per heavy atom. The van der Waals surface area contributed by atoms with Crippen LogP contribution in [0.4, 0.5) is 5.69 Å². The van der Waals surface area contributed by atoms with Crippen molar-refractivity contribution >= 4 is 11.6 Å². The second-order valence-electron chi connectivity index (χ2n) is 5.88. The molecule has 9 heteroatoms. The molecular formula is C20H21N3O6. The van der Waals surface area contributed by atoms with E-state index < -0.39 is 0 Å². The van der Waals surface area contributed by atoms with Gasteiger partial charge in [-0.05, 0) is 12.1 Å². The van der Waals surface area contributed by atoms with Gasteiger partial charge in [-0.3, -0.25) is 4.79 Å². The van der Waals surface area contributed by atoms with Gasteiger partial charge in [-0.15, -0.1) is 0 Å². The fourth-order valence-electron chi connectivity index (χ4n) is 2.67. The third-order valence-corrected chi connectivity index (χ3v) is 3.98. The number of carbonyl (C=O) groups excluding carboxylic acids is 1. The molecule has 9 nitrogen and oxygen atoms in total. The van der Waals surface area contributed by atoms with Crippen LogP contribution >= 0.6 is 0 Å². The van der Waals surface area contributed by atoms with Crippen molar-refractivity contribution in [3.8, 4) is 23.0 Å². The first-order valence-corrected chi connectivity index (χ1v) is 8.68. The average molecular weight is 399 g/mol. The van der Waals surface area contributed by atoms with Crippen LogP contribution in [0.2, 0.25) is 0 Å². The highest BCUT2D eigenvalue weighted by Crippen LogP contribution is 2.40. The molecule has 152 valence electrons. The van der Waals surface area contributed by atoms with Crippen LogP contribution in [0.3, 0.4) is 0 Å². The molecule has 0 aliphatic carbocycles. The third-order valence-electron chi connectivity index (χ3n) is 3.98. The number of hydrogen-bond acceptors (Lipinski definition) is 8. The lowest BCUT2D eigenvalue weighted by molar-refractivity contribution is 0.102. The Morgan fingerprint density at radius 1 is 1.03 bits per heavy atom. The van der Waals surface area contributed by atoms with Gasteiger partial charge in [0.1, 0.15) is 5.75 Å². The van der Waals surface area contributed by atoms with Gasteiger partial charge in [0, 0.05) is 24.7 Å². The van der Waals surface area contributed by atoms with E-state index in [-0.39, 0.29) is 12.5 Å². The Kier molecular flexibility index (Phi) is 6.18. The number of aryl methyl sites for hydroxylation is 1. The number of nitrogens with zero attached hydrogens (tertiary/aromatic N) is 2. The van der Waals surface area contributed by atoms with Crippen LogP contribution in [0.5, 0.6) is 23.0 Å². The number of carbonyl (C=O) groups is 1. The van der Waals surface area contributed by atoms with E-state index in [2.05, 4.69) is 15.5 Å². The number of methoxy groups -OCH3 is 3. The van der Waals surface area contributed by atoms with E-state index in [1.807, 2.05) is 0 Å². The van der Waals surface area contributed by atoms with E-state index in [9.17, 15) is 4.79 Å². The topological polar surface area (TPSA) is 105 Å². The highest BCUT2D eigenvalue weighted by molar-refractivity contribution is 6.06. The van der Waals surface area contributed by atoms with Crippen LogP contribution in [0.25, 0.3) is 0 Å². The summed E-state index contributed by atoms with van der Waals surface area (Å²) in [5.41, 5.74) is 0.828. The number of nitrogens with one attached hydrogen (secondary N) is 1. The minimum absolute atomic E-state index is 0.0752. The molecule has 1 N–H and O–H groups in total. The number of benzene rings is 2. The Morgan fingerprint density at radius 3 is 2.31 bits per heavy atom. The molecule has 0 fully saturated rings. The zero-order valence-electron chi connectivity index (χ0n) is 16.5. The Hall–Kier alpha value is -3.75. The van der Waals surface area contributed by atoms with Crippen molar-refractivity contribution < 1.29 is 28.3 Å². The monoisotopic (exact) mass is 399 g/mol. The van der Waals surface area contributed by atoms with Gasteiger partial charge in [-0.25, -0.2) is 0 Å². The SMILES string of the molecule is COc1cc(NC(=O)c2ccccc2OCc2noc(C)n2)cc(OC)c1OC. The molecule has 0 bridgehead atoms. The molecular weight excluding hydrogens is 378 g/mol. The summed E-state index contributed by atoms with van der Waals surface area (Å²) in [6.07, 6.45) is 0. The molecule has 3 rings (SSSR count). The largest absolute Gasteiger partial charge is 0.493 e. The van der Waals surface area contributed by atoms with Gasteiger partial charge >= 0.3 is 0 Å². The number of aromatic nitrogens is 2. The maximum Gasteiger partial charge on any atom is 0.259 e. The molecule has 0 aliphatic heterocycles. The smallest absolute Gasteiger partial charge is 0.259 e. The lowest BCUT2D eigenvalue weighted by Gasteiger charge is -2.15. The van der Waals surface area contributed by atoms with Gasteiger partial charge in [0.25, 0.3) is 5.91 Å². The van der Waals surface area contributed by atoms with Gasteiger partial charge in [-0.2, -0.15) is 4.98 Å². The van der Waals surface area contributed by atoms with Gasteiger partial charge in [0.15, 0.2) is 18.1 Å². The Bertz CT molecular complexity index is 976. The van der Waals surface area contributed by atoms with Crippen molar-refractivity contribution in [3.05, 3.63) is 53.7 Å². The van der Waals surface area contributed by atoms with Gasteiger partial charge in [0.05, 0.1) is 26.9 Å². The predicted molar refractivity (Wildman–Crippen MR) is 104 cm³/mol. The summed E-state index contributed by atoms with van der Waals surface area (Å²) in [4.78, 5) is 16.9. The molecule has 1 aromatic heterocycles. The van der Waals surface area contributed by atoms with Crippen LogP contribution in [0.15, 0.2) is 40.9 Å². The highest BCUT2D eigenvalue weighted by atomic mass is 16.5. The minimum Gasteiger partial charge on any atom is -0.493 e. The first-order valence-electron chi connectivity index (χ1n) is 8.68. The van der Waals surface area contributed by atoms with Gasteiger partial charge in [0.2, 0.25) is 17.5 Å². The maximum atomic E-state index is 12.9. The number of para-hydroxylation sites is 1. The van der Waals surface area contributed by atoms with Gasteiger partial charge in [-0.1, -0.05) is 17.3 Å². The normalized spacial score (nSPS) is 10.3. The van der Waals surface area contributed by atoms with E-state index in [1.54, 1.807) is 43.3 Å². The maximum absolute atomic E-state index is 12.9. The van der Waals surface area contributed by atoms with Crippen molar-refractivity contribution in [1.29, 1.82) is 0 Å². The number of anilines is 1. The van der Waals surface area contributed by atoms with E-state index in [1.165, 1.54) is 21.3 Å². The molecule has 0 spiro atoms. The Balaban J connectivity index is 1.81. The summed E-state index contributed by atoms with van der Waals surface area (Å²) >= 11 is 0. The fraction of sp³-hybridized carbons (Fsp3) is 0.250. The first kappa shape index (κ1) is 20.0. The van der Waals surface area contributed by atoms with E-state index in [4.69, 9.17) is 23.5 Å². The third kappa shape index (κ3) is 4.57. The number of hydrogen-bond donors (Lipinski definition) is 1. The first-order chi connectivity index (χ1) is 14.0. The minimum atomic E-state index is -0.362. The Labute approximate surface area is 167 Å². The van der Waals surface area contributed by atoms with Crippen molar-refractivity contribution in [2.75, 3.05) is 26.6 Å². The van der Waals surface area contributed by atoms with E-state index in [0.717, 1.165) is 0 Å². The highest BCUT2D eigenvalue weighted by Gasteiger charge is 2.17. The molecule has 29 heavy (non-hydrogen) atoms. The number of amides is 1. The summed E-state index contributed by atoms with van der Waals surface area (Å²) in [6, 6.07) is 10.2. The fourth-order valence-corrected chi connectivity index (χ4v) is 2.67. The quantitative estimate of drug-likeness (QED) is 0.615. The van der Waals surface area contributed by atoms with Crippen LogP contribution in [-0.4, -0.2) is 37.4 Å². The summed E-state index contributed by atoms with van der Waals surface area (Å²) in [6.45, 7) is 1.76. The summed E-state index contributed by atoms with van der Waals surface area (Å²) in [7, 11) is 4.52. The van der Waals surface area contributed by atoms with E-state index in [0.29, 0.717) is 46.0 Å². The molecule has 0 unspecified atom stereocenters. The predicted octanol–water partition coefficient (Wildman–Crippen LogP) is 3.24. The van der Waals surface area contributed by atoms with Crippen LogP contribution in [-0.2, 0) is 6.61 Å². The standard InChI is InChI=1S/C20H21N3O6/c1-12-21-18(23-29-12)11-28-15-8-6-5-7-14(15)20(24)22-13-9-16(25-2)19(27-4)17(10-13)26-3/h5-10H,11H2,1-4H3,(H,22,24). The summed E-state index contributed by atoms with van der Waals surface area (Å²) in [5.74, 6) is 2.16. The molecule has 0 aliphatic rings. The van der Waals surface area contributed by atoms with Crippen molar-refractivity contribution in [1.82, 2.24) is 10.1 Å². The van der Waals surface area contributed by atoms with Gasteiger partial charge < -0.3 is 28.8 Å². The second kappa shape index (κ2) is 8.96. The molecule has 1 heterocycles. The number of rotatable bonds is 8. The molecule has 0 saturated heterocycles. The molecule has 0 atom stereocenters. The lowest BCUT2D eigenvalue weighted by Crippen LogP contribution is -2.14. The molecule has 2 aromatic carbocycles. The van der Waals surface area contributed by atoms with Crippen LogP contribution < -0.4 is 24.3 Å². The molecule has 0 saturated carbocycles. The number of ether oxygens (including phenoxy) is 4. The molecule has 1 amide bonds.